The number of amides is 1. The number of methoxy groups -OCH3 is 1. The van der Waals surface area contributed by atoms with Crippen molar-refractivity contribution in [2.45, 2.75) is 13.3 Å². The fourth-order valence-electron chi connectivity index (χ4n) is 2.07. The van der Waals surface area contributed by atoms with Crippen LogP contribution in [0.3, 0.4) is 0 Å². The van der Waals surface area contributed by atoms with Crippen LogP contribution in [0.1, 0.15) is 34.1 Å². The highest BCUT2D eigenvalue weighted by Crippen LogP contribution is 2.28. The molecule has 0 bridgehead atoms. The summed E-state index contributed by atoms with van der Waals surface area (Å²) in [6.07, 6.45) is 2.05. The van der Waals surface area contributed by atoms with Gasteiger partial charge in [0.2, 0.25) is 5.91 Å². The van der Waals surface area contributed by atoms with E-state index in [0.29, 0.717) is 6.29 Å². The maximum atomic E-state index is 14.4. The van der Waals surface area contributed by atoms with Gasteiger partial charge in [0.15, 0.2) is 6.29 Å². The molecule has 1 aromatic heterocycles. The number of hydrogen-bond acceptors (Lipinski definition) is 5. The second-order valence-corrected chi connectivity index (χ2v) is 4.86. The lowest BCUT2D eigenvalue weighted by Gasteiger charge is -2.10. The molecule has 7 heteroatoms. The zero-order chi connectivity index (χ0) is 17.7. The Labute approximate surface area is 137 Å². The van der Waals surface area contributed by atoms with E-state index in [1.807, 2.05) is 0 Å². The Morgan fingerprint density at radius 1 is 1.29 bits per heavy atom. The van der Waals surface area contributed by atoms with Gasteiger partial charge in [0.1, 0.15) is 11.6 Å². The van der Waals surface area contributed by atoms with Crippen molar-refractivity contribution >= 4 is 24.0 Å². The molecular weight excluding hydrogens is 315 g/mol. The first-order valence-electron chi connectivity index (χ1n) is 7.13. The normalized spacial score (nSPS) is 10.1. The molecule has 0 atom stereocenters. The zero-order valence-corrected chi connectivity index (χ0v) is 13.1. The van der Waals surface area contributed by atoms with Crippen molar-refractivity contribution in [3.8, 4) is 11.1 Å². The molecule has 24 heavy (non-hydrogen) atoms. The van der Waals surface area contributed by atoms with Gasteiger partial charge >= 0.3 is 5.97 Å². The number of aldehydes is 1. The van der Waals surface area contributed by atoms with E-state index in [0.717, 1.165) is 6.07 Å². The summed E-state index contributed by atoms with van der Waals surface area (Å²) in [7, 11) is 1.20. The van der Waals surface area contributed by atoms with Crippen LogP contribution in [0.25, 0.3) is 11.1 Å². The molecule has 0 saturated heterocycles. The standard InChI is InChI=1S/C17H15FN2O4/c1-3-16(22)20-15-7-13(11(9-21)8-19-15)12-5-4-10(6-14(12)18)17(23)24-2/h4-9H,3H2,1-2H3,(H,19,20,22). The lowest BCUT2D eigenvalue weighted by molar-refractivity contribution is -0.115. The summed E-state index contributed by atoms with van der Waals surface area (Å²) in [4.78, 5) is 38.1. The van der Waals surface area contributed by atoms with Crippen molar-refractivity contribution in [2.75, 3.05) is 12.4 Å². The minimum Gasteiger partial charge on any atom is -0.465 e. The molecule has 0 aliphatic carbocycles. The number of nitrogens with zero attached hydrogens (tertiary/aromatic N) is 1. The van der Waals surface area contributed by atoms with Crippen LogP contribution >= 0.6 is 0 Å². The summed E-state index contributed by atoms with van der Waals surface area (Å²) < 4.78 is 18.9. The number of carbonyl (C=O) groups is 3. The molecule has 0 saturated carbocycles. The monoisotopic (exact) mass is 330 g/mol. The first-order chi connectivity index (χ1) is 11.5. The number of anilines is 1. The van der Waals surface area contributed by atoms with E-state index in [1.165, 1.54) is 31.5 Å². The third-order valence-corrected chi connectivity index (χ3v) is 3.33. The Morgan fingerprint density at radius 3 is 2.62 bits per heavy atom. The smallest absolute Gasteiger partial charge is 0.337 e. The minimum atomic E-state index is -0.694. The average Bonchev–Trinajstić information content (AvgIpc) is 2.60. The van der Waals surface area contributed by atoms with Gasteiger partial charge in [-0.3, -0.25) is 9.59 Å². The van der Waals surface area contributed by atoms with Crippen molar-refractivity contribution < 1.29 is 23.5 Å². The van der Waals surface area contributed by atoms with Gasteiger partial charge in [-0.2, -0.15) is 0 Å². The molecule has 6 nitrogen and oxygen atoms in total. The fraction of sp³-hybridized carbons (Fsp3) is 0.176. The quantitative estimate of drug-likeness (QED) is 0.673. The van der Waals surface area contributed by atoms with Gasteiger partial charge in [0, 0.05) is 29.3 Å². The SMILES string of the molecule is CCC(=O)Nc1cc(-c2ccc(C(=O)OC)cc2F)c(C=O)cn1. The Morgan fingerprint density at radius 2 is 2.04 bits per heavy atom. The number of nitrogens with one attached hydrogen (secondary N) is 1. The number of ether oxygens (including phenoxy) is 1. The predicted molar refractivity (Wildman–Crippen MR) is 85.3 cm³/mol. The van der Waals surface area contributed by atoms with Crippen LogP contribution in [0.15, 0.2) is 30.5 Å². The first-order valence-corrected chi connectivity index (χ1v) is 7.13. The number of halogens is 1. The second kappa shape index (κ2) is 7.45. The highest BCUT2D eigenvalue weighted by atomic mass is 19.1. The highest BCUT2D eigenvalue weighted by molar-refractivity contribution is 5.94. The van der Waals surface area contributed by atoms with Crippen LogP contribution in [0.4, 0.5) is 10.2 Å². The number of hydrogen-bond donors (Lipinski definition) is 1. The summed E-state index contributed by atoms with van der Waals surface area (Å²) in [5, 5.41) is 2.55. The van der Waals surface area contributed by atoms with E-state index >= 15 is 0 Å². The van der Waals surface area contributed by atoms with Crippen molar-refractivity contribution in [3.05, 3.63) is 47.4 Å². The van der Waals surface area contributed by atoms with Crippen molar-refractivity contribution in [1.82, 2.24) is 4.98 Å². The first kappa shape index (κ1) is 17.3. The average molecular weight is 330 g/mol. The van der Waals surface area contributed by atoms with Crippen LogP contribution in [0.2, 0.25) is 0 Å². The third kappa shape index (κ3) is 3.62. The second-order valence-electron chi connectivity index (χ2n) is 4.86. The van der Waals surface area contributed by atoms with E-state index in [1.54, 1.807) is 6.92 Å². The predicted octanol–water partition coefficient (Wildman–Crippen LogP) is 2.84. The number of aromatic nitrogens is 1. The van der Waals surface area contributed by atoms with E-state index in [4.69, 9.17) is 0 Å². The van der Waals surface area contributed by atoms with Crippen molar-refractivity contribution in [2.24, 2.45) is 0 Å². The lowest BCUT2D eigenvalue weighted by Crippen LogP contribution is -2.11. The van der Waals surface area contributed by atoms with E-state index in [-0.39, 0.29) is 40.4 Å². The largest absolute Gasteiger partial charge is 0.465 e. The van der Waals surface area contributed by atoms with E-state index in [9.17, 15) is 18.8 Å². The summed E-state index contributed by atoms with van der Waals surface area (Å²) >= 11 is 0. The molecule has 1 aromatic carbocycles. The highest BCUT2D eigenvalue weighted by Gasteiger charge is 2.15. The Balaban J connectivity index is 2.50. The number of benzene rings is 1. The number of esters is 1. The molecule has 0 fully saturated rings. The maximum absolute atomic E-state index is 14.4. The van der Waals surface area contributed by atoms with Crippen LogP contribution in [0.5, 0.6) is 0 Å². The molecule has 1 amide bonds. The molecule has 0 radical (unpaired) electrons. The number of carbonyl (C=O) groups excluding carboxylic acids is 3. The van der Waals surface area contributed by atoms with Crippen molar-refractivity contribution in [3.63, 3.8) is 0 Å². The minimum absolute atomic E-state index is 0.0555. The van der Waals surface area contributed by atoms with Gasteiger partial charge in [0.05, 0.1) is 12.7 Å². The number of pyridine rings is 1. The van der Waals surface area contributed by atoms with Gasteiger partial charge < -0.3 is 10.1 Å². The summed E-state index contributed by atoms with van der Waals surface area (Å²) in [6, 6.07) is 5.20. The van der Waals surface area contributed by atoms with Crippen LogP contribution in [0, 0.1) is 5.82 Å². The summed E-state index contributed by atoms with van der Waals surface area (Å²) in [5.41, 5.74) is 0.591. The molecule has 1 heterocycles. The van der Waals surface area contributed by atoms with Gasteiger partial charge in [-0.05, 0) is 18.2 Å². The Kier molecular flexibility index (Phi) is 5.36. The molecular formula is C17H15FN2O4. The Bertz CT molecular complexity index is 805. The van der Waals surface area contributed by atoms with Gasteiger partial charge in [-0.25, -0.2) is 14.2 Å². The van der Waals surface area contributed by atoms with Crippen LogP contribution < -0.4 is 5.32 Å². The maximum Gasteiger partial charge on any atom is 0.337 e. The summed E-state index contributed by atoms with van der Waals surface area (Å²) in [6.45, 7) is 1.68. The van der Waals surface area contributed by atoms with E-state index < -0.39 is 11.8 Å². The lowest BCUT2D eigenvalue weighted by atomic mass is 10.00. The Hall–Kier alpha value is -3.09. The molecule has 2 rings (SSSR count). The number of rotatable bonds is 5. The fourth-order valence-corrected chi connectivity index (χ4v) is 2.07. The molecule has 0 aliphatic heterocycles. The molecule has 0 unspecified atom stereocenters. The van der Waals surface area contributed by atoms with E-state index in [2.05, 4.69) is 15.0 Å². The molecule has 0 aliphatic rings. The molecule has 0 spiro atoms. The summed E-state index contributed by atoms with van der Waals surface area (Å²) in [5.74, 6) is -1.41. The van der Waals surface area contributed by atoms with Gasteiger partial charge in [0.25, 0.3) is 0 Å². The van der Waals surface area contributed by atoms with Gasteiger partial charge in [-0.1, -0.05) is 13.0 Å². The zero-order valence-electron chi connectivity index (χ0n) is 13.1. The topological polar surface area (TPSA) is 85.4 Å². The van der Waals surface area contributed by atoms with Crippen LogP contribution in [-0.2, 0) is 9.53 Å². The molecule has 1 N–H and O–H groups in total. The molecule has 124 valence electrons. The van der Waals surface area contributed by atoms with Gasteiger partial charge in [-0.15, -0.1) is 0 Å². The van der Waals surface area contributed by atoms with Crippen molar-refractivity contribution in [1.29, 1.82) is 0 Å². The van der Waals surface area contributed by atoms with Crippen LogP contribution in [-0.4, -0.2) is 30.3 Å². The molecule has 2 aromatic rings. The third-order valence-electron chi connectivity index (χ3n) is 3.33.